The van der Waals surface area contributed by atoms with E-state index >= 15 is 0 Å². The number of carbonyl (C=O) groups is 1. The van der Waals surface area contributed by atoms with Crippen molar-refractivity contribution in [3.8, 4) is 5.75 Å². The Morgan fingerprint density at radius 3 is 2.52 bits per heavy atom. The van der Waals surface area contributed by atoms with Crippen molar-refractivity contribution in [3.05, 3.63) is 29.8 Å². The maximum atomic E-state index is 10.8. The molecular weight excluding hydrogens is 266 g/mol. The van der Waals surface area contributed by atoms with Gasteiger partial charge in [0.05, 0.1) is 5.92 Å². The summed E-state index contributed by atoms with van der Waals surface area (Å²) in [5.74, 6) is -0.244. The number of ether oxygens (including phenoxy) is 1. The van der Waals surface area contributed by atoms with E-state index in [2.05, 4.69) is 4.90 Å². The fraction of sp³-hybridized carbons (Fsp3) is 0.588. The molecule has 4 nitrogen and oxygen atoms in total. The number of rotatable bonds is 7. The molecule has 116 valence electrons. The second-order valence-corrected chi connectivity index (χ2v) is 5.84. The van der Waals surface area contributed by atoms with Crippen molar-refractivity contribution in [2.24, 2.45) is 5.92 Å². The Morgan fingerprint density at radius 2 is 1.90 bits per heavy atom. The first-order valence-electron chi connectivity index (χ1n) is 7.82. The SMILES string of the molecule is CC(Cc1ccc(OCCN2CCCCC2)cc1)C(=O)O. The smallest absolute Gasteiger partial charge is 0.306 e. The quantitative estimate of drug-likeness (QED) is 0.839. The van der Waals surface area contributed by atoms with E-state index in [1.807, 2.05) is 24.3 Å². The molecule has 0 saturated carbocycles. The summed E-state index contributed by atoms with van der Waals surface area (Å²) in [4.78, 5) is 13.3. The molecule has 0 bridgehead atoms. The van der Waals surface area contributed by atoms with Gasteiger partial charge in [0.1, 0.15) is 12.4 Å². The molecule has 0 radical (unpaired) electrons. The summed E-state index contributed by atoms with van der Waals surface area (Å²) in [7, 11) is 0. The third-order valence-corrected chi connectivity index (χ3v) is 4.01. The van der Waals surface area contributed by atoms with Gasteiger partial charge >= 0.3 is 5.97 Å². The van der Waals surface area contributed by atoms with Crippen LogP contribution in [0.15, 0.2) is 24.3 Å². The molecule has 1 saturated heterocycles. The molecule has 1 N–H and O–H groups in total. The molecule has 1 aliphatic heterocycles. The van der Waals surface area contributed by atoms with Gasteiger partial charge in [0, 0.05) is 6.54 Å². The summed E-state index contributed by atoms with van der Waals surface area (Å²) in [5.41, 5.74) is 1.04. The minimum absolute atomic E-state index is 0.351. The highest BCUT2D eigenvalue weighted by molar-refractivity contribution is 5.69. The van der Waals surface area contributed by atoms with Crippen LogP contribution in [-0.2, 0) is 11.2 Å². The number of carboxylic acids is 1. The third kappa shape index (κ3) is 5.38. The van der Waals surface area contributed by atoms with Crippen molar-refractivity contribution < 1.29 is 14.6 Å². The Labute approximate surface area is 126 Å². The summed E-state index contributed by atoms with van der Waals surface area (Å²) in [6, 6.07) is 7.77. The van der Waals surface area contributed by atoms with E-state index in [0.717, 1.165) is 17.9 Å². The molecule has 21 heavy (non-hydrogen) atoms. The molecule has 1 aliphatic rings. The standard InChI is InChI=1S/C17H25NO3/c1-14(17(19)20)13-15-5-7-16(8-6-15)21-12-11-18-9-3-2-4-10-18/h5-8,14H,2-4,9-13H2,1H3,(H,19,20). The van der Waals surface area contributed by atoms with Gasteiger partial charge in [-0.05, 0) is 50.0 Å². The van der Waals surface area contributed by atoms with Crippen LogP contribution in [0.3, 0.4) is 0 Å². The first kappa shape index (κ1) is 15.8. The van der Waals surface area contributed by atoms with Crippen LogP contribution < -0.4 is 4.74 Å². The number of carboxylic acid groups (broad SMARTS) is 1. The minimum atomic E-state index is -0.753. The molecule has 4 heteroatoms. The molecule has 0 amide bonds. The summed E-state index contributed by atoms with van der Waals surface area (Å²) in [6.07, 6.45) is 4.52. The normalized spacial score (nSPS) is 17.4. The lowest BCUT2D eigenvalue weighted by Crippen LogP contribution is -2.33. The van der Waals surface area contributed by atoms with Crippen molar-refractivity contribution in [2.75, 3.05) is 26.2 Å². The van der Waals surface area contributed by atoms with Crippen molar-refractivity contribution in [2.45, 2.75) is 32.6 Å². The zero-order valence-electron chi connectivity index (χ0n) is 12.8. The number of benzene rings is 1. The number of hydrogen-bond acceptors (Lipinski definition) is 3. The highest BCUT2D eigenvalue weighted by Crippen LogP contribution is 2.15. The molecular formula is C17H25NO3. The van der Waals surface area contributed by atoms with E-state index < -0.39 is 5.97 Å². The van der Waals surface area contributed by atoms with Crippen LogP contribution in [-0.4, -0.2) is 42.2 Å². The van der Waals surface area contributed by atoms with Crippen LogP contribution in [0.4, 0.5) is 0 Å². The van der Waals surface area contributed by atoms with Crippen molar-refractivity contribution in [1.29, 1.82) is 0 Å². The van der Waals surface area contributed by atoms with Crippen LogP contribution in [0.25, 0.3) is 0 Å². The predicted octanol–water partition coefficient (Wildman–Crippen LogP) is 2.81. The summed E-state index contributed by atoms with van der Waals surface area (Å²) in [6.45, 7) is 5.80. The summed E-state index contributed by atoms with van der Waals surface area (Å²) >= 11 is 0. The van der Waals surface area contributed by atoms with Gasteiger partial charge < -0.3 is 9.84 Å². The van der Waals surface area contributed by atoms with Crippen LogP contribution in [0.1, 0.15) is 31.7 Å². The molecule has 0 aromatic heterocycles. The minimum Gasteiger partial charge on any atom is -0.492 e. The zero-order valence-corrected chi connectivity index (χ0v) is 12.8. The molecule has 1 unspecified atom stereocenters. The second-order valence-electron chi connectivity index (χ2n) is 5.84. The largest absolute Gasteiger partial charge is 0.492 e. The molecule has 1 atom stereocenters. The average molecular weight is 291 g/mol. The van der Waals surface area contributed by atoms with E-state index in [1.54, 1.807) is 6.92 Å². The number of hydrogen-bond donors (Lipinski definition) is 1. The topological polar surface area (TPSA) is 49.8 Å². The first-order chi connectivity index (χ1) is 10.1. The Morgan fingerprint density at radius 1 is 1.24 bits per heavy atom. The fourth-order valence-corrected chi connectivity index (χ4v) is 2.64. The maximum absolute atomic E-state index is 10.8. The molecule has 0 spiro atoms. The van der Waals surface area contributed by atoms with Crippen LogP contribution in [0.2, 0.25) is 0 Å². The monoisotopic (exact) mass is 291 g/mol. The highest BCUT2D eigenvalue weighted by atomic mass is 16.5. The maximum Gasteiger partial charge on any atom is 0.306 e. The van der Waals surface area contributed by atoms with Gasteiger partial charge in [-0.1, -0.05) is 25.5 Å². The van der Waals surface area contributed by atoms with E-state index in [0.29, 0.717) is 13.0 Å². The fourth-order valence-electron chi connectivity index (χ4n) is 2.64. The number of nitrogens with zero attached hydrogens (tertiary/aromatic N) is 1. The lowest BCUT2D eigenvalue weighted by Gasteiger charge is -2.26. The summed E-state index contributed by atoms with van der Waals surface area (Å²) in [5, 5.41) is 8.91. The van der Waals surface area contributed by atoms with Gasteiger partial charge in [0.2, 0.25) is 0 Å². The molecule has 1 aromatic carbocycles. The Balaban J connectivity index is 1.73. The van der Waals surface area contributed by atoms with E-state index in [-0.39, 0.29) is 5.92 Å². The predicted molar refractivity (Wildman–Crippen MR) is 82.7 cm³/mol. The van der Waals surface area contributed by atoms with E-state index in [1.165, 1.54) is 32.4 Å². The van der Waals surface area contributed by atoms with Gasteiger partial charge in [-0.3, -0.25) is 9.69 Å². The average Bonchev–Trinajstić information content (AvgIpc) is 2.50. The molecule has 1 heterocycles. The van der Waals surface area contributed by atoms with Crippen molar-refractivity contribution in [1.82, 2.24) is 4.90 Å². The van der Waals surface area contributed by atoms with Crippen LogP contribution in [0, 0.1) is 5.92 Å². The highest BCUT2D eigenvalue weighted by Gasteiger charge is 2.12. The molecule has 0 aliphatic carbocycles. The number of aliphatic carboxylic acids is 1. The first-order valence-corrected chi connectivity index (χ1v) is 7.82. The number of piperidine rings is 1. The lowest BCUT2D eigenvalue weighted by molar-refractivity contribution is -0.141. The Bertz CT molecular complexity index is 438. The zero-order chi connectivity index (χ0) is 15.1. The van der Waals surface area contributed by atoms with Crippen LogP contribution >= 0.6 is 0 Å². The van der Waals surface area contributed by atoms with E-state index in [4.69, 9.17) is 9.84 Å². The molecule has 1 aromatic rings. The van der Waals surface area contributed by atoms with Gasteiger partial charge in [0.25, 0.3) is 0 Å². The van der Waals surface area contributed by atoms with E-state index in [9.17, 15) is 4.79 Å². The third-order valence-electron chi connectivity index (χ3n) is 4.01. The van der Waals surface area contributed by atoms with Gasteiger partial charge in [-0.15, -0.1) is 0 Å². The van der Waals surface area contributed by atoms with Gasteiger partial charge in [-0.2, -0.15) is 0 Å². The molecule has 2 rings (SSSR count). The Kier molecular flexibility index (Phi) is 6.05. The lowest BCUT2D eigenvalue weighted by atomic mass is 10.0. The van der Waals surface area contributed by atoms with Crippen LogP contribution in [0.5, 0.6) is 5.75 Å². The van der Waals surface area contributed by atoms with Crippen molar-refractivity contribution in [3.63, 3.8) is 0 Å². The summed E-state index contributed by atoms with van der Waals surface area (Å²) < 4.78 is 5.76. The number of likely N-dealkylation sites (tertiary alicyclic amines) is 1. The second kappa shape index (κ2) is 8.03. The van der Waals surface area contributed by atoms with Gasteiger partial charge in [-0.25, -0.2) is 0 Å². The van der Waals surface area contributed by atoms with Gasteiger partial charge in [0.15, 0.2) is 0 Å². The van der Waals surface area contributed by atoms with Crippen molar-refractivity contribution >= 4 is 5.97 Å². The molecule has 1 fully saturated rings. The Hall–Kier alpha value is -1.55.